The average molecular weight is 443 g/mol. The van der Waals surface area contributed by atoms with Crippen molar-refractivity contribution in [2.24, 2.45) is 0 Å². The molecule has 1 heterocycles. The van der Waals surface area contributed by atoms with E-state index in [-0.39, 0.29) is 5.91 Å². The number of nitrogens with one attached hydrogen (secondary N) is 1. The zero-order chi connectivity index (χ0) is 17.6. The fourth-order valence-electron chi connectivity index (χ4n) is 2.37. The average Bonchev–Trinajstić information content (AvgIpc) is 2.60. The van der Waals surface area contributed by atoms with E-state index in [0.717, 1.165) is 27.1 Å². The molecule has 25 heavy (non-hydrogen) atoms. The third-order valence-corrected chi connectivity index (χ3v) is 5.54. The van der Waals surface area contributed by atoms with Crippen LogP contribution in [0, 0.1) is 0 Å². The van der Waals surface area contributed by atoms with Gasteiger partial charge >= 0.3 is 0 Å². The van der Waals surface area contributed by atoms with Crippen molar-refractivity contribution in [1.82, 2.24) is 5.32 Å². The molecule has 2 aromatic rings. The van der Waals surface area contributed by atoms with Crippen LogP contribution in [0.2, 0.25) is 5.02 Å². The molecule has 4 nitrogen and oxygen atoms in total. The molecule has 2 aromatic carbocycles. The van der Waals surface area contributed by atoms with Gasteiger partial charge in [-0.25, -0.2) is 0 Å². The number of rotatable bonds is 6. The largest absolute Gasteiger partial charge is 0.486 e. The summed E-state index contributed by atoms with van der Waals surface area (Å²) in [6.45, 7) is 1.61. The Morgan fingerprint density at radius 3 is 2.72 bits per heavy atom. The van der Waals surface area contributed by atoms with E-state index in [0.29, 0.717) is 36.3 Å². The molecule has 7 heteroatoms. The van der Waals surface area contributed by atoms with Crippen LogP contribution >= 0.6 is 39.3 Å². The molecule has 1 aliphatic rings. The predicted molar refractivity (Wildman–Crippen MR) is 105 cm³/mol. The first-order valence-corrected chi connectivity index (χ1v) is 10.1. The second kappa shape index (κ2) is 8.83. The summed E-state index contributed by atoms with van der Waals surface area (Å²) in [5.74, 6) is 2.61. The van der Waals surface area contributed by atoms with E-state index in [4.69, 9.17) is 21.1 Å². The number of hydrogen-bond acceptors (Lipinski definition) is 4. The van der Waals surface area contributed by atoms with Gasteiger partial charge in [0.1, 0.15) is 13.2 Å². The van der Waals surface area contributed by atoms with Crippen molar-refractivity contribution in [1.29, 1.82) is 0 Å². The summed E-state index contributed by atoms with van der Waals surface area (Å²) in [4.78, 5) is 12.0. The first kappa shape index (κ1) is 18.4. The van der Waals surface area contributed by atoms with Gasteiger partial charge in [-0.3, -0.25) is 4.79 Å². The van der Waals surface area contributed by atoms with Crippen LogP contribution < -0.4 is 14.8 Å². The molecular formula is C18H17BrClNO3S. The first-order chi connectivity index (χ1) is 12.1. The van der Waals surface area contributed by atoms with Gasteiger partial charge in [-0.15, -0.1) is 11.8 Å². The van der Waals surface area contributed by atoms with Crippen molar-refractivity contribution in [3.05, 3.63) is 57.0 Å². The lowest BCUT2D eigenvalue weighted by molar-refractivity contribution is -0.118. The van der Waals surface area contributed by atoms with Gasteiger partial charge in [-0.1, -0.05) is 39.7 Å². The molecule has 0 radical (unpaired) electrons. The molecule has 0 spiro atoms. The molecule has 0 saturated carbocycles. The Balaban J connectivity index is 1.47. The molecular weight excluding hydrogens is 426 g/mol. The maximum absolute atomic E-state index is 12.0. The number of fused-ring (bicyclic) bond motifs is 1. The molecule has 132 valence electrons. The van der Waals surface area contributed by atoms with Gasteiger partial charge in [0.2, 0.25) is 5.91 Å². The molecule has 0 fully saturated rings. The van der Waals surface area contributed by atoms with Crippen LogP contribution in [0.15, 0.2) is 40.9 Å². The van der Waals surface area contributed by atoms with Crippen molar-refractivity contribution in [2.45, 2.75) is 12.3 Å². The van der Waals surface area contributed by atoms with E-state index in [9.17, 15) is 4.79 Å². The molecule has 3 rings (SSSR count). The summed E-state index contributed by atoms with van der Waals surface area (Å²) >= 11 is 11.0. The number of thioether (sulfide) groups is 1. The fraction of sp³-hybridized carbons (Fsp3) is 0.278. The van der Waals surface area contributed by atoms with Crippen molar-refractivity contribution >= 4 is 45.2 Å². The molecule has 0 saturated heterocycles. The minimum absolute atomic E-state index is 0.00126. The third kappa shape index (κ3) is 5.30. The Morgan fingerprint density at radius 1 is 1.20 bits per heavy atom. The summed E-state index contributed by atoms with van der Waals surface area (Å²) < 4.78 is 12.1. The summed E-state index contributed by atoms with van der Waals surface area (Å²) in [6.07, 6.45) is 0. The Labute approximate surface area is 164 Å². The highest BCUT2D eigenvalue weighted by molar-refractivity contribution is 9.10. The number of amides is 1. The number of ether oxygens (including phenoxy) is 2. The van der Waals surface area contributed by atoms with Crippen LogP contribution in [-0.4, -0.2) is 24.9 Å². The van der Waals surface area contributed by atoms with Crippen molar-refractivity contribution in [3.8, 4) is 11.5 Å². The van der Waals surface area contributed by atoms with E-state index < -0.39 is 0 Å². The Kier molecular flexibility index (Phi) is 6.51. The van der Waals surface area contributed by atoms with E-state index in [1.54, 1.807) is 11.8 Å². The summed E-state index contributed by atoms with van der Waals surface area (Å²) in [7, 11) is 0. The van der Waals surface area contributed by atoms with Crippen molar-refractivity contribution in [2.75, 3.05) is 19.0 Å². The van der Waals surface area contributed by atoms with Crippen LogP contribution in [0.3, 0.4) is 0 Å². The molecule has 0 unspecified atom stereocenters. The van der Waals surface area contributed by atoms with Gasteiger partial charge in [0.05, 0.1) is 5.75 Å². The van der Waals surface area contributed by atoms with E-state index in [1.807, 2.05) is 36.4 Å². The van der Waals surface area contributed by atoms with Gasteiger partial charge in [0.15, 0.2) is 11.5 Å². The number of hydrogen-bond donors (Lipinski definition) is 1. The zero-order valence-electron chi connectivity index (χ0n) is 13.4. The van der Waals surface area contributed by atoms with Crippen LogP contribution in [-0.2, 0) is 17.1 Å². The monoisotopic (exact) mass is 441 g/mol. The van der Waals surface area contributed by atoms with Crippen molar-refractivity contribution in [3.63, 3.8) is 0 Å². The third-order valence-electron chi connectivity index (χ3n) is 3.58. The van der Waals surface area contributed by atoms with Crippen LogP contribution in [0.5, 0.6) is 11.5 Å². The number of halogens is 2. The second-order valence-electron chi connectivity index (χ2n) is 5.49. The lowest BCUT2D eigenvalue weighted by Crippen LogP contribution is -2.24. The minimum atomic E-state index is -0.00126. The molecule has 0 aromatic heterocycles. The van der Waals surface area contributed by atoms with Crippen LogP contribution in [0.25, 0.3) is 0 Å². The maximum atomic E-state index is 12.0. The van der Waals surface area contributed by atoms with E-state index in [1.165, 1.54) is 0 Å². The normalized spacial score (nSPS) is 12.7. The van der Waals surface area contributed by atoms with Gasteiger partial charge in [-0.2, -0.15) is 0 Å². The van der Waals surface area contributed by atoms with E-state index in [2.05, 4.69) is 21.2 Å². The van der Waals surface area contributed by atoms with Crippen molar-refractivity contribution < 1.29 is 14.3 Å². The van der Waals surface area contributed by atoms with E-state index >= 15 is 0 Å². The maximum Gasteiger partial charge on any atom is 0.230 e. The fourth-order valence-corrected chi connectivity index (χ4v) is 4.08. The lowest BCUT2D eigenvalue weighted by Gasteiger charge is -2.19. The SMILES string of the molecule is O=C(CSCc1cc2c(cc1Br)OCCO2)NCc1cccc(Cl)c1. The van der Waals surface area contributed by atoms with Crippen LogP contribution in [0.4, 0.5) is 0 Å². The van der Waals surface area contributed by atoms with Gasteiger partial charge < -0.3 is 14.8 Å². The quantitative estimate of drug-likeness (QED) is 0.719. The lowest BCUT2D eigenvalue weighted by atomic mass is 10.2. The smallest absolute Gasteiger partial charge is 0.230 e. The summed E-state index contributed by atoms with van der Waals surface area (Å²) in [5, 5.41) is 3.57. The molecule has 0 aliphatic carbocycles. The number of benzene rings is 2. The predicted octanol–water partition coefficient (Wildman–Crippen LogP) is 4.42. The Hall–Kier alpha value is -1.37. The second-order valence-corrected chi connectivity index (χ2v) is 7.76. The molecule has 1 N–H and O–H groups in total. The first-order valence-electron chi connectivity index (χ1n) is 7.79. The molecule has 1 aliphatic heterocycles. The number of carbonyl (C=O) groups excluding carboxylic acids is 1. The summed E-state index contributed by atoms with van der Waals surface area (Å²) in [6, 6.07) is 11.4. The van der Waals surface area contributed by atoms with Crippen LogP contribution in [0.1, 0.15) is 11.1 Å². The molecule has 0 atom stereocenters. The number of carbonyl (C=O) groups is 1. The highest BCUT2D eigenvalue weighted by Gasteiger charge is 2.15. The topological polar surface area (TPSA) is 47.6 Å². The zero-order valence-corrected chi connectivity index (χ0v) is 16.5. The molecule has 1 amide bonds. The van der Waals surface area contributed by atoms with Gasteiger partial charge in [0.25, 0.3) is 0 Å². The Morgan fingerprint density at radius 2 is 1.96 bits per heavy atom. The standard InChI is InChI=1S/C18H17BrClNO3S/c19-15-8-17-16(23-4-5-24-17)7-13(15)10-25-11-18(22)21-9-12-2-1-3-14(20)6-12/h1-3,6-8H,4-5,9-11H2,(H,21,22). The summed E-state index contributed by atoms with van der Waals surface area (Å²) in [5.41, 5.74) is 2.07. The Bertz CT molecular complexity index is 772. The highest BCUT2D eigenvalue weighted by Crippen LogP contribution is 2.36. The van der Waals surface area contributed by atoms with Gasteiger partial charge in [0, 0.05) is 21.8 Å². The minimum Gasteiger partial charge on any atom is -0.486 e. The molecule has 0 bridgehead atoms. The van der Waals surface area contributed by atoms with Gasteiger partial charge in [-0.05, 0) is 35.4 Å². The highest BCUT2D eigenvalue weighted by atomic mass is 79.9.